The van der Waals surface area contributed by atoms with Crippen molar-refractivity contribution in [1.82, 2.24) is 14.8 Å². The molecule has 2 bridgehead atoms. The van der Waals surface area contributed by atoms with Gasteiger partial charge in [-0.3, -0.25) is 4.79 Å². The van der Waals surface area contributed by atoms with Crippen molar-refractivity contribution in [2.45, 2.75) is 43.7 Å². The number of hydrogen-bond donors (Lipinski definition) is 0. The van der Waals surface area contributed by atoms with Gasteiger partial charge in [-0.05, 0) is 57.2 Å². The molecule has 0 unspecified atom stereocenters. The van der Waals surface area contributed by atoms with Gasteiger partial charge in [0.05, 0.1) is 17.8 Å². The minimum absolute atomic E-state index is 0.0173. The van der Waals surface area contributed by atoms with Gasteiger partial charge in [0.2, 0.25) is 0 Å². The maximum atomic E-state index is 13.3. The lowest BCUT2D eigenvalue weighted by Crippen LogP contribution is -2.56. The zero-order valence-corrected chi connectivity index (χ0v) is 16.3. The Morgan fingerprint density at radius 1 is 1.26 bits per heavy atom. The summed E-state index contributed by atoms with van der Waals surface area (Å²) in [5.41, 5.74) is 0.763. The number of fused-ring (bicyclic) bond motifs is 2. The number of hydrogen-bond acceptors (Lipinski definition) is 5. The van der Waals surface area contributed by atoms with E-state index in [1.165, 1.54) is 19.3 Å². The van der Waals surface area contributed by atoms with Gasteiger partial charge in [-0.25, -0.2) is 4.98 Å². The fraction of sp³-hybridized carbons (Fsp3) is 0.714. The Morgan fingerprint density at radius 3 is 2.81 bits per heavy atom. The molecule has 1 amide bonds. The first-order valence-corrected chi connectivity index (χ1v) is 10.5. The van der Waals surface area contributed by atoms with E-state index in [1.54, 1.807) is 0 Å². The van der Waals surface area contributed by atoms with Crippen LogP contribution in [0.2, 0.25) is 0 Å². The van der Waals surface area contributed by atoms with Crippen LogP contribution in [0.15, 0.2) is 18.3 Å². The Balaban J connectivity index is 1.32. The zero-order chi connectivity index (χ0) is 18.4. The summed E-state index contributed by atoms with van der Waals surface area (Å²) in [4.78, 5) is 24.7. The molecule has 1 saturated carbocycles. The highest BCUT2D eigenvalue weighted by Gasteiger charge is 2.42. The first kappa shape index (κ1) is 17.4. The average Bonchev–Trinajstić information content (AvgIpc) is 3.32. The molecule has 2 atom stereocenters. The summed E-state index contributed by atoms with van der Waals surface area (Å²) in [6.07, 6.45) is 7.46. The van der Waals surface area contributed by atoms with Crippen molar-refractivity contribution in [3.8, 4) is 0 Å². The van der Waals surface area contributed by atoms with Gasteiger partial charge >= 0.3 is 0 Å². The molecule has 27 heavy (non-hydrogen) atoms. The maximum Gasteiger partial charge on any atom is 0.257 e. The fourth-order valence-corrected chi connectivity index (χ4v) is 5.61. The SMILES string of the molecule is CN1CCOC2(CCN(c3ncccc3C(=O)N3C[C@H]4CC[C@@H]3C4)CC2)C1. The number of nitrogens with zero attached hydrogens (tertiary/aromatic N) is 4. The number of pyridine rings is 1. The van der Waals surface area contributed by atoms with Gasteiger partial charge < -0.3 is 19.4 Å². The van der Waals surface area contributed by atoms with Crippen LogP contribution in [0.1, 0.15) is 42.5 Å². The molecule has 1 spiro atoms. The molecule has 1 aromatic rings. The van der Waals surface area contributed by atoms with Crippen molar-refractivity contribution >= 4 is 11.7 Å². The molecule has 0 radical (unpaired) electrons. The van der Waals surface area contributed by atoms with Crippen LogP contribution in [0.5, 0.6) is 0 Å². The molecule has 3 saturated heterocycles. The number of ether oxygens (including phenoxy) is 1. The van der Waals surface area contributed by atoms with Crippen LogP contribution in [0.3, 0.4) is 0 Å². The monoisotopic (exact) mass is 370 g/mol. The van der Waals surface area contributed by atoms with Crippen molar-refractivity contribution < 1.29 is 9.53 Å². The summed E-state index contributed by atoms with van der Waals surface area (Å²) in [5.74, 6) is 1.76. The molecule has 5 rings (SSSR count). The van der Waals surface area contributed by atoms with Crippen molar-refractivity contribution in [2.75, 3.05) is 51.3 Å². The Labute approximate surface area is 161 Å². The second-order valence-corrected chi connectivity index (χ2v) is 8.92. The standard InChI is InChI=1S/C21H30N4O2/c1-23-11-12-27-21(15-23)6-9-24(10-7-21)19-18(3-2-8-22-19)20(26)25-14-16-4-5-17(25)13-16/h2-3,8,16-17H,4-7,9-15H2,1H3/t16-,17+/m0/s1. The normalized spacial score (nSPS) is 30.3. The van der Waals surface area contributed by atoms with E-state index in [2.05, 4.69) is 26.7 Å². The van der Waals surface area contributed by atoms with Gasteiger partial charge in [0, 0.05) is 45.0 Å². The van der Waals surface area contributed by atoms with Gasteiger partial charge in [0.15, 0.2) is 0 Å². The summed E-state index contributed by atoms with van der Waals surface area (Å²) in [6, 6.07) is 4.31. The van der Waals surface area contributed by atoms with E-state index >= 15 is 0 Å². The average molecular weight is 370 g/mol. The summed E-state index contributed by atoms with van der Waals surface area (Å²) in [7, 11) is 2.18. The van der Waals surface area contributed by atoms with Crippen LogP contribution in [-0.2, 0) is 4.74 Å². The Bertz CT molecular complexity index is 716. The van der Waals surface area contributed by atoms with Gasteiger partial charge in [0.25, 0.3) is 5.91 Å². The number of carbonyl (C=O) groups is 1. The number of amides is 1. The third-order valence-electron chi connectivity index (χ3n) is 7.10. The Morgan fingerprint density at radius 2 is 2.11 bits per heavy atom. The fourth-order valence-electron chi connectivity index (χ4n) is 5.61. The lowest BCUT2D eigenvalue weighted by atomic mass is 9.89. The summed E-state index contributed by atoms with van der Waals surface area (Å²) >= 11 is 0. The summed E-state index contributed by atoms with van der Waals surface area (Å²) < 4.78 is 6.19. The lowest BCUT2D eigenvalue weighted by Gasteiger charge is -2.47. The first-order chi connectivity index (χ1) is 13.1. The third-order valence-corrected chi connectivity index (χ3v) is 7.10. The topological polar surface area (TPSA) is 48.9 Å². The number of carbonyl (C=O) groups excluding carboxylic acids is 1. The smallest absolute Gasteiger partial charge is 0.257 e. The molecule has 4 heterocycles. The van der Waals surface area contributed by atoms with Crippen LogP contribution < -0.4 is 4.90 Å². The van der Waals surface area contributed by atoms with Gasteiger partial charge in [0.1, 0.15) is 5.82 Å². The molecular weight excluding hydrogens is 340 g/mol. The molecule has 1 aliphatic carbocycles. The Kier molecular flexibility index (Phi) is 4.36. The predicted molar refractivity (Wildman–Crippen MR) is 104 cm³/mol. The highest BCUT2D eigenvalue weighted by atomic mass is 16.5. The predicted octanol–water partition coefficient (Wildman–Crippen LogP) is 2.01. The molecule has 6 nitrogen and oxygen atoms in total. The minimum Gasteiger partial charge on any atom is -0.372 e. The number of rotatable bonds is 2. The number of likely N-dealkylation sites (N-methyl/N-ethyl adjacent to an activating group) is 1. The maximum absolute atomic E-state index is 13.3. The largest absolute Gasteiger partial charge is 0.372 e. The van der Waals surface area contributed by atoms with Crippen LogP contribution in [0, 0.1) is 5.92 Å². The number of anilines is 1. The highest BCUT2D eigenvalue weighted by Crippen LogP contribution is 2.39. The quantitative estimate of drug-likeness (QED) is 0.797. The second-order valence-electron chi connectivity index (χ2n) is 8.92. The van der Waals surface area contributed by atoms with E-state index < -0.39 is 0 Å². The molecule has 4 aliphatic rings. The Hall–Kier alpha value is -1.66. The number of likely N-dealkylation sites (tertiary alicyclic amines) is 1. The first-order valence-electron chi connectivity index (χ1n) is 10.5. The third kappa shape index (κ3) is 3.13. The van der Waals surface area contributed by atoms with Crippen LogP contribution in [0.25, 0.3) is 0 Å². The van der Waals surface area contributed by atoms with Gasteiger partial charge in [-0.2, -0.15) is 0 Å². The van der Waals surface area contributed by atoms with Crippen LogP contribution >= 0.6 is 0 Å². The van der Waals surface area contributed by atoms with Crippen molar-refractivity contribution in [1.29, 1.82) is 0 Å². The molecule has 3 aliphatic heterocycles. The molecule has 6 heteroatoms. The minimum atomic E-state index is -0.0173. The summed E-state index contributed by atoms with van der Waals surface area (Å²) in [5, 5.41) is 0. The lowest BCUT2D eigenvalue weighted by molar-refractivity contribution is -0.115. The van der Waals surface area contributed by atoms with Crippen molar-refractivity contribution in [2.24, 2.45) is 5.92 Å². The van der Waals surface area contributed by atoms with E-state index in [0.717, 1.165) is 63.6 Å². The number of piperidine rings is 2. The van der Waals surface area contributed by atoms with E-state index in [0.29, 0.717) is 12.0 Å². The van der Waals surface area contributed by atoms with Crippen molar-refractivity contribution in [3.05, 3.63) is 23.9 Å². The van der Waals surface area contributed by atoms with Gasteiger partial charge in [-0.15, -0.1) is 0 Å². The highest BCUT2D eigenvalue weighted by molar-refractivity contribution is 5.99. The number of aromatic nitrogens is 1. The number of morpholine rings is 1. The van der Waals surface area contributed by atoms with Crippen LogP contribution in [0.4, 0.5) is 5.82 Å². The van der Waals surface area contributed by atoms with E-state index in [9.17, 15) is 4.79 Å². The summed E-state index contributed by atoms with van der Waals surface area (Å²) in [6.45, 7) is 5.57. The molecule has 146 valence electrons. The van der Waals surface area contributed by atoms with Gasteiger partial charge in [-0.1, -0.05) is 0 Å². The van der Waals surface area contributed by atoms with Crippen LogP contribution in [-0.4, -0.2) is 78.7 Å². The molecule has 0 aromatic carbocycles. The van der Waals surface area contributed by atoms with E-state index in [-0.39, 0.29) is 11.5 Å². The molecule has 0 N–H and O–H groups in total. The molecule has 4 fully saturated rings. The molecule has 1 aromatic heterocycles. The van der Waals surface area contributed by atoms with E-state index in [4.69, 9.17) is 4.74 Å². The van der Waals surface area contributed by atoms with E-state index in [1.807, 2.05) is 18.3 Å². The van der Waals surface area contributed by atoms with Crippen molar-refractivity contribution in [3.63, 3.8) is 0 Å². The molecular formula is C21H30N4O2. The second kappa shape index (κ2) is 6.74. The zero-order valence-electron chi connectivity index (χ0n) is 16.3.